The summed E-state index contributed by atoms with van der Waals surface area (Å²) in [7, 11) is 0. The van der Waals surface area contributed by atoms with E-state index in [2.05, 4.69) is 4.98 Å². The number of furan rings is 1. The molecular weight excluding hydrogens is 296 g/mol. The SMILES string of the molecule is CC(=O)SC1CC(=O)N(c2nc(-c3ccco3)cs2)C1. The molecule has 0 aliphatic carbocycles. The van der Waals surface area contributed by atoms with Crippen molar-refractivity contribution in [1.82, 2.24) is 4.98 Å². The number of amides is 1. The van der Waals surface area contributed by atoms with E-state index < -0.39 is 0 Å². The van der Waals surface area contributed by atoms with E-state index in [0.29, 0.717) is 23.9 Å². The van der Waals surface area contributed by atoms with Crippen molar-refractivity contribution in [2.24, 2.45) is 0 Å². The molecule has 1 fully saturated rings. The molecule has 1 unspecified atom stereocenters. The number of rotatable bonds is 3. The number of hydrogen-bond acceptors (Lipinski definition) is 6. The van der Waals surface area contributed by atoms with E-state index in [9.17, 15) is 9.59 Å². The van der Waals surface area contributed by atoms with E-state index in [1.54, 1.807) is 17.2 Å². The molecule has 0 N–H and O–H groups in total. The smallest absolute Gasteiger partial charge is 0.230 e. The Hall–Kier alpha value is -1.60. The molecule has 1 aliphatic rings. The van der Waals surface area contributed by atoms with Crippen molar-refractivity contribution < 1.29 is 14.0 Å². The highest BCUT2D eigenvalue weighted by atomic mass is 32.2. The number of carbonyl (C=O) groups is 2. The van der Waals surface area contributed by atoms with Crippen molar-refractivity contribution in [2.75, 3.05) is 11.4 Å². The third-order valence-electron chi connectivity index (χ3n) is 2.92. The number of carbonyl (C=O) groups excluding carboxylic acids is 2. The van der Waals surface area contributed by atoms with E-state index in [0.717, 1.165) is 5.69 Å². The second kappa shape index (κ2) is 5.41. The van der Waals surface area contributed by atoms with Crippen LogP contribution >= 0.6 is 23.1 Å². The van der Waals surface area contributed by atoms with Gasteiger partial charge in [0.1, 0.15) is 5.69 Å². The Morgan fingerprint density at radius 3 is 3.15 bits per heavy atom. The van der Waals surface area contributed by atoms with E-state index in [1.807, 2.05) is 11.4 Å². The van der Waals surface area contributed by atoms with Crippen LogP contribution in [0.1, 0.15) is 13.3 Å². The van der Waals surface area contributed by atoms with Crippen LogP contribution in [0.15, 0.2) is 28.2 Å². The van der Waals surface area contributed by atoms with Crippen molar-refractivity contribution in [3.63, 3.8) is 0 Å². The van der Waals surface area contributed by atoms with E-state index >= 15 is 0 Å². The van der Waals surface area contributed by atoms with Gasteiger partial charge in [-0.2, -0.15) is 0 Å². The molecule has 0 radical (unpaired) electrons. The molecule has 0 saturated carbocycles. The van der Waals surface area contributed by atoms with Gasteiger partial charge in [-0.15, -0.1) is 11.3 Å². The number of aromatic nitrogens is 1. The summed E-state index contributed by atoms with van der Waals surface area (Å²) < 4.78 is 5.29. The Morgan fingerprint density at radius 2 is 2.45 bits per heavy atom. The Labute approximate surface area is 124 Å². The predicted molar refractivity (Wildman–Crippen MR) is 78.8 cm³/mol. The van der Waals surface area contributed by atoms with E-state index in [1.165, 1.54) is 30.0 Å². The first-order valence-electron chi connectivity index (χ1n) is 6.10. The maximum absolute atomic E-state index is 12.0. The molecule has 0 bridgehead atoms. The number of anilines is 1. The fourth-order valence-corrected chi connectivity index (χ4v) is 3.86. The van der Waals surface area contributed by atoms with Gasteiger partial charge in [0, 0.05) is 30.5 Å². The lowest BCUT2D eigenvalue weighted by Gasteiger charge is -2.11. The summed E-state index contributed by atoms with van der Waals surface area (Å²) in [5, 5.41) is 2.59. The van der Waals surface area contributed by atoms with Crippen LogP contribution in [-0.2, 0) is 9.59 Å². The fraction of sp³-hybridized carbons (Fsp3) is 0.308. The third-order valence-corrected chi connectivity index (χ3v) is 4.76. The summed E-state index contributed by atoms with van der Waals surface area (Å²) in [4.78, 5) is 29.2. The second-order valence-corrected chi connectivity index (χ2v) is 6.75. The Balaban J connectivity index is 1.77. The summed E-state index contributed by atoms with van der Waals surface area (Å²) in [6.45, 7) is 2.06. The minimum atomic E-state index is 0.0177. The number of thioether (sulfide) groups is 1. The molecule has 2 aromatic heterocycles. The molecule has 1 saturated heterocycles. The summed E-state index contributed by atoms with van der Waals surface area (Å²) in [6, 6.07) is 3.63. The van der Waals surface area contributed by atoms with Gasteiger partial charge in [-0.05, 0) is 12.1 Å². The molecule has 0 aromatic carbocycles. The molecule has 1 aliphatic heterocycles. The molecule has 3 heterocycles. The van der Waals surface area contributed by atoms with Crippen molar-refractivity contribution in [2.45, 2.75) is 18.6 Å². The van der Waals surface area contributed by atoms with Crippen LogP contribution in [0.25, 0.3) is 11.5 Å². The topological polar surface area (TPSA) is 63.4 Å². The zero-order valence-electron chi connectivity index (χ0n) is 10.7. The Bertz CT molecular complexity index is 636. The standard InChI is InChI=1S/C13H12N2O3S2/c1-8(16)20-9-5-12(17)15(6-9)13-14-10(7-19-13)11-3-2-4-18-11/h2-4,7,9H,5-6H2,1H3. The molecule has 104 valence electrons. The van der Waals surface area contributed by atoms with Crippen LogP contribution in [0.4, 0.5) is 5.13 Å². The van der Waals surface area contributed by atoms with Crippen LogP contribution in [0.5, 0.6) is 0 Å². The zero-order valence-corrected chi connectivity index (χ0v) is 12.4. The highest BCUT2D eigenvalue weighted by Gasteiger charge is 2.33. The second-order valence-electron chi connectivity index (χ2n) is 4.43. The molecule has 2 aromatic rings. The lowest BCUT2D eigenvalue weighted by atomic mass is 10.4. The summed E-state index contributed by atoms with van der Waals surface area (Å²) in [5.41, 5.74) is 0.727. The van der Waals surface area contributed by atoms with Gasteiger partial charge in [0.15, 0.2) is 16.0 Å². The van der Waals surface area contributed by atoms with Gasteiger partial charge in [-0.3, -0.25) is 14.5 Å². The first-order chi connectivity index (χ1) is 9.63. The Morgan fingerprint density at radius 1 is 1.60 bits per heavy atom. The van der Waals surface area contributed by atoms with Crippen LogP contribution in [-0.4, -0.2) is 27.8 Å². The molecule has 1 atom stereocenters. The molecule has 5 nitrogen and oxygen atoms in total. The first-order valence-corrected chi connectivity index (χ1v) is 7.86. The minimum Gasteiger partial charge on any atom is -0.463 e. The van der Waals surface area contributed by atoms with Crippen LogP contribution in [0.3, 0.4) is 0 Å². The van der Waals surface area contributed by atoms with Crippen LogP contribution < -0.4 is 4.90 Å². The molecule has 7 heteroatoms. The lowest BCUT2D eigenvalue weighted by Crippen LogP contribution is -2.24. The predicted octanol–water partition coefficient (Wildman–Crippen LogP) is 2.79. The third kappa shape index (κ3) is 2.64. The Kier molecular flexibility index (Phi) is 3.62. The summed E-state index contributed by atoms with van der Waals surface area (Å²) in [5.74, 6) is 0.706. The van der Waals surface area contributed by atoms with Gasteiger partial charge in [0.2, 0.25) is 5.91 Å². The van der Waals surface area contributed by atoms with Gasteiger partial charge in [-0.1, -0.05) is 11.8 Å². The lowest BCUT2D eigenvalue weighted by molar-refractivity contribution is -0.117. The van der Waals surface area contributed by atoms with E-state index in [4.69, 9.17) is 4.42 Å². The van der Waals surface area contributed by atoms with Crippen LogP contribution in [0.2, 0.25) is 0 Å². The molecule has 1 amide bonds. The van der Waals surface area contributed by atoms with Crippen molar-refractivity contribution >= 4 is 39.3 Å². The average molecular weight is 308 g/mol. The van der Waals surface area contributed by atoms with E-state index in [-0.39, 0.29) is 16.3 Å². The molecule has 20 heavy (non-hydrogen) atoms. The minimum absolute atomic E-state index is 0.0177. The molecule has 3 rings (SSSR count). The maximum Gasteiger partial charge on any atom is 0.230 e. The number of thiazole rings is 1. The normalized spacial score (nSPS) is 18.8. The zero-order chi connectivity index (χ0) is 14.1. The van der Waals surface area contributed by atoms with Crippen LogP contribution in [0, 0.1) is 0 Å². The quantitative estimate of drug-likeness (QED) is 0.872. The maximum atomic E-state index is 12.0. The highest BCUT2D eigenvalue weighted by Crippen LogP contribution is 2.33. The van der Waals surface area contributed by atoms with Gasteiger partial charge in [0.05, 0.1) is 6.26 Å². The summed E-state index contributed by atoms with van der Waals surface area (Å²) in [6.07, 6.45) is 1.98. The van der Waals surface area contributed by atoms with Gasteiger partial charge < -0.3 is 4.42 Å². The number of nitrogens with zero attached hydrogens (tertiary/aromatic N) is 2. The molecular formula is C13H12N2O3S2. The average Bonchev–Trinajstić information content (AvgIpc) is 3.07. The highest BCUT2D eigenvalue weighted by molar-refractivity contribution is 8.14. The van der Waals surface area contributed by atoms with Crippen molar-refractivity contribution in [3.8, 4) is 11.5 Å². The largest absolute Gasteiger partial charge is 0.463 e. The van der Waals surface area contributed by atoms with Gasteiger partial charge >= 0.3 is 0 Å². The van der Waals surface area contributed by atoms with Gasteiger partial charge in [-0.25, -0.2) is 4.98 Å². The van der Waals surface area contributed by atoms with Gasteiger partial charge in [0.25, 0.3) is 0 Å². The molecule has 0 spiro atoms. The summed E-state index contributed by atoms with van der Waals surface area (Å²) >= 11 is 2.64. The van der Waals surface area contributed by atoms with Crippen molar-refractivity contribution in [1.29, 1.82) is 0 Å². The number of hydrogen-bond donors (Lipinski definition) is 0. The fourth-order valence-electron chi connectivity index (χ4n) is 2.10. The first kappa shape index (κ1) is 13.4. The van der Waals surface area contributed by atoms with Crippen molar-refractivity contribution in [3.05, 3.63) is 23.8 Å². The monoisotopic (exact) mass is 308 g/mol.